The van der Waals surface area contributed by atoms with Crippen molar-refractivity contribution in [1.82, 2.24) is 10.2 Å². The van der Waals surface area contributed by atoms with E-state index in [9.17, 15) is 5.26 Å². The minimum atomic E-state index is -0.456. The molecule has 7 nitrogen and oxygen atoms in total. The monoisotopic (exact) mass is 402 g/mol. The molecule has 2 aromatic carbocycles. The number of nitrogens with zero attached hydrogens (tertiary/aromatic N) is 2. The number of rotatable bonds is 6. The molecule has 0 aliphatic carbocycles. The van der Waals surface area contributed by atoms with Crippen molar-refractivity contribution in [2.75, 3.05) is 13.2 Å². The molecule has 1 aromatic heterocycles. The molecule has 3 aromatic rings. The molecular formula is C23H22N4O3. The fraction of sp³-hybridized carbons (Fsp3) is 0.217. The molecule has 0 unspecified atom stereocenters. The van der Waals surface area contributed by atoms with Gasteiger partial charge >= 0.3 is 0 Å². The number of hydrogen-bond acceptors (Lipinski definition) is 6. The van der Waals surface area contributed by atoms with Gasteiger partial charge in [-0.2, -0.15) is 5.26 Å². The van der Waals surface area contributed by atoms with Crippen LogP contribution in [0.3, 0.4) is 0 Å². The number of fused-ring (bicyclic) bond motifs is 1. The van der Waals surface area contributed by atoms with Crippen molar-refractivity contribution in [3.63, 3.8) is 0 Å². The molecule has 4 rings (SSSR count). The lowest BCUT2D eigenvalue weighted by molar-refractivity contribution is 0.287. The minimum Gasteiger partial charge on any atom is -0.490 e. The summed E-state index contributed by atoms with van der Waals surface area (Å²) in [4.78, 5) is 0. The number of benzene rings is 2. The van der Waals surface area contributed by atoms with Crippen molar-refractivity contribution in [2.24, 2.45) is 5.73 Å². The fourth-order valence-electron chi connectivity index (χ4n) is 3.65. The van der Waals surface area contributed by atoms with Crippen molar-refractivity contribution in [2.45, 2.75) is 19.8 Å². The van der Waals surface area contributed by atoms with Crippen molar-refractivity contribution in [3.8, 4) is 34.7 Å². The average Bonchev–Trinajstić information content (AvgIpc) is 3.18. The lowest BCUT2D eigenvalue weighted by Gasteiger charge is -2.25. The van der Waals surface area contributed by atoms with Crippen molar-refractivity contribution in [1.29, 1.82) is 5.26 Å². The number of aromatic nitrogens is 2. The minimum absolute atomic E-state index is 0.0490. The Morgan fingerprint density at radius 1 is 1.10 bits per heavy atom. The third-order valence-corrected chi connectivity index (χ3v) is 4.90. The van der Waals surface area contributed by atoms with Gasteiger partial charge in [0.2, 0.25) is 11.8 Å². The van der Waals surface area contributed by atoms with Gasteiger partial charge in [-0.05, 0) is 37.1 Å². The summed E-state index contributed by atoms with van der Waals surface area (Å²) in [6.07, 6.45) is 0. The molecule has 30 heavy (non-hydrogen) atoms. The Hall–Kier alpha value is -3.92. The molecule has 0 bridgehead atoms. The van der Waals surface area contributed by atoms with E-state index in [2.05, 4.69) is 16.3 Å². The number of aromatic amines is 1. The van der Waals surface area contributed by atoms with E-state index in [1.807, 2.05) is 62.4 Å². The predicted octanol–water partition coefficient (Wildman–Crippen LogP) is 4.09. The number of ether oxygens (including phenoxy) is 3. The SMILES string of the molecule is CCOc1ccc([C@@H]2C(C#N)=C(N)Oc3n[nH]c(-c4ccccc4)c32)cc1OCC. The quantitative estimate of drug-likeness (QED) is 0.643. The predicted molar refractivity (Wildman–Crippen MR) is 112 cm³/mol. The van der Waals surface area contributed by atoms with E-state index in [0.29, 0.717) is 36.2 Å². The topological polar surface area (TPSA) is 106 Å². The van der Waals surface area contributed by atoms with Crippen LogP contribution >= 0.6 is 0 Å². The Bertz CT molecular complexity index is 1130. The van der Waals surface area contributed by atoms with Crippen LogP contribution in [0.1, 0.15) is 30.9 Å². The lowest BCUT2D eigenvalue weighted by atomic mass is 9.83. The number of hydrogen-bond donors (Lipinski definition) is 2. The first kappa shape index (κ1) is 19.4. The highest BCUT2D eigenvalue weighted by Gasteiger charge is 2.36. The van der Waals surface area contributed by atoms with Crippen LogP contribution in [0.4, 0.5) is 0 Å². The summed E-state index contributed by atoms with van der Waals surface area (Å²) >= 11 is 0. The standard InChI is InChI=1S/C23H22N4O3/c1-3-28-17-11-10-15(12-18(17)29-4-2)19-16(13-24)22(25)30-23-20(19)21(26-27-23)14-8-6-5-7-9-14/h5-12,19H,3-4,25H2,1-2H3,(H,26,27)/t19-/m1/s1. The highest BCUT2D eigenvalue weighted by Crippen LogP contribution is 2.46. The summed E-state index contributed by atoms with van der Waals surface area (Å²) in [5.41, 5.74) is 9.72. The molecule has 2 heterocycles. The van der Waals surface area contributed by atoms with E-state index in [1.54, 1.807) is 0 Å². The number of nitrogens with two attached hydrogens (primary N) is 1. The second kappa shape index (κ2) is 8.21. The fourth-order valence-corrected chi connectivity index (χ4v) is 3.65. The van der Waals surface area contributed by atoms with Gasteiger partial charge in [-0.1, -0.05) is 36.4 Å². The largest absolute Gasteiger partial charge is 0.490 e. The Labute approximate surface area is 174 Å². The van der Waals surface area contributed by atoms with Crippen LogP contribution < -0.4 is 19.9 Å². The van der Waals surface area contributed by atoms with E-state index in [4.69, 9.17) is 19.9 Å². The first-order valence-electron chi connectivity index (χ1n) is 9.78. The number of H-pyrrole nitrogens is 1. The molecule has 1 aliphatic heterocycles. The Balaban J connectivity index is 1.90. The Kier molecular flexibility index (Phi) is 5.31. The zero-order valence-electron chi connectivity index (χ0n) is 16.8. The number of allylic oxidation sites excluding steroid dienone is 1. The second-order valence-electron chi connectivity index (χ2n) is 6.68. The average molecular weight is 402 g/mol. The van der Waals surface area contributed by atoms with Gasteiger partial charge in [-0.3, -0.25) is 5.10 Å². The van der Waals surface area contributed by atoms with E-state index >= 15 is 0 Å². The van der Waals surface area contributed by atoms with Crippen LogP contribution in [0.25, 0.3) is 11.3 Å². The van der Waals surface area contributed by atoms with Crippen LogP contribution in [-0.4, -0.2) is 23.4 Å². The van der Waals surface area contributed by atoms with Gasteiger partial charge in [0.15, 0.2) is 11.5 Å². The highest BCUT2D eigenvalue weighted by atomic mass is 16.5. The maximum absolute atomic E-state index is 9.87. The summed E-state index contributed by atoms with van der Waals surface area (Å²) in [5.74, 6) is 1.23. The Morgan fingerprint density at radius 2 is 1.83 bits per heavy atom. The molecule has 0 spiro atoms. The molecule has 0 saturated carbocycles. The molecule has 7 heteroatoms. The highest BCUT2D eigenvalue weighted by molar-refractivity contribution is 5.71. The summed E-state index contributed by atoms with van der Waals surface area (Å²) in [5, 5.41) is 17.2. The second-order valence-corrected chi connectivity index (χ2v) is 6.68. The van der Waals surface area contributed by atoms with Crippen molar-refractivity contribution >= 4 is 0 Å². The van der Waals surface area contributed by atoms with Crippen molar-refractivity contribution in [3.05, 3.63) is 71.1 Å². The smallest absolute Gasteiger partial charge is 0.244 e. The van der Waals surface area contributed by atoms with Gasteiger partial charge < -0.3 is 19.9 Å². The van der Waals surface area contributed by atoms with Gasteiger partial charge in [0.05, 0.1) is 30.4 Å². The third-order valence-electron chi connectivity index (χ3n) is 4.90. The molecule has 1 aliphatic rings. The summed E-state index contributed by atoms with van der Waals surface area (Å²) in [6, 6.07) is 17.7. The van der Waals surface area contributed by atoms with Gasteiger partial charge in [-0.25, -0.2) is 0 Å². The summed E-state index contributed by atoms with van der Waals surface area (Å²) in [7, 11) is 0. The normalized spacial score (nSPS) is 15.2. The maximum atomic E-state index is 9.87. The van der Waals surface area contributed by atoms with Gasteiger partial charge in [0.1, 0.15) is 11.6 Å². The summed E-state index contributed by atoms with van der Waals surface area (Å²) < 4.78 is 17.1. The first-order chi connectivity index (χ1) is 14.7. The third kappa shape index (κ3) is 3.33. The molecule has 0 radical (unpaired) electrons. The molecule has 152 valence electrons. The van der Waals surface area contributed by atoms with Crippen LogP contribution in [-0.2, 0) is 0 Å². The maximum Gasteiger partial charge on any atom is 0.244 e. The van der Waals surface area contributed by atoms with Crippen molar-refractivity contribution < 1.29 is 14.2 Å². The van der Waals surface area contributed by atoms with Crippen LogP contribution in [0.2, 0.25) is 0 Å². The van der Waals surface area contributed by atoms with Gasteiger partial charge in [0, 0.05) is 0 Å². The van der Waals surface area contributed by atoms with Gasteiger partial charge in [0.25, 0.3) is 0 Å². The molecule has 1 atom stereocenters. The number of nitriles is 1. The number of nitrogens with one attached hydrogen (secondary N) is 1. The molecule has 0 amide bonds. The molecular weight excluding hydrogens is 380 g/mol. The molecule has 3 N–H and O–H groups in total. The van der Waals surface area contributed by atoms with E-state index in [0.717, 1.165) is 22.4 Å². The molecule has 0 fully saturated rings. The van der Waals surface area contributed by atoms with E-state index in [1.165, 1.54) is 0 Å². The van der Waals surface area contributed by atoms with E-state index in [-0.39, 0.29) is 5.88 Å². The molecule has 0 saturated heterocycles. The zero-order chi connectivity index (χ0) is 21.1. The Morgan fingerprint density at radius 3 is 2.53 bits per heavy atom. The van der Waals surface area contributed by atoms with Gasteiger partial charge in [-0.15, -0.1) is 5.10 Å². The summed E-state index contributed by atoms with van der Waals surface area (Å²) in [6.45, 7) is 4.85. The zero-order valence-corrected chi connectivity index (χ0v) is 16.8. The van der Waals surface area contributed by atoms with E-state index < -0.39 is 5.92 Å². The van der Waals surface area contributed by atoms with Crippen LogP contribution in [0.5, 0.6) is 17.4 Å². The van der Waals surface area contributed by atoms with Crippen LogP contribution in [0.15, 0.2) is 60.0 Å². The first-order valence-corrected chi connectivity index (χ1v) is 9.78. The lowest BCUT2D eigenvalue weighted by Crippen LogP contribution is -2.21. The van der Waals surface area contributed by atoms with Crippen LogP contribution in [0, 0.1) is 11.3 Å².